The molecule has 1 fully saturated rings. The maximum absolute atomic E-state index is 5.91. The molecule has 0 bridgehead atoms. The molecule has 0 radical (unpaired) electrons. The van der Waals surface area contributed by atoms with Gasteiger partial charge in [0.1, 0.15) is 0 Å². The summed E-state index contributed by atoms with van der Waals surface area (Å²) in [6.07, 6.45) is 5.24. The van der Waals surface area contributed by atoms with Gasteiger partial charge in [-0.2, -0.15) is 0 Å². The van der Waals surface area contributed by atoms with Crippen LogP contribution < -0.4 is 5.73 Å². The monoisotopic (exact) mass is 195 g/mol. The molecule has 2 aliphatic rings. The summed E-state index contributed by atoms with van der Waals surface area (Å²) in [5.74, 6) is 1.66. The second-order valence-electron chi connectivity index (χ2n) is 4.66. The van der Waals surface area contributed by atoms with Crippen LogP contribution >= 0.6 is 0 Å². The smallest absolute Gasteiger partial charge is 0.191 e. The molecule has 1 aliphatic heterocycles. The molecule has 2 atom stereocenters. The van der Waals surface area contributed by atoms with Crippen LogP contribution in [-0.2, 0) is 0 Å². The molecule has 3 heteroatoms. The summed E-state index contributed by atoms with van der Waals surface area (Å²) in [4.78, 5) is 6.73. The number of likely N-dealkylation sites (N-methyl/N-ethyl adjacent to an activating group) is 1. The second kappa shape index (κ2) is 3.44. The van der Waals surface area contributed by atoms with Crippen molar-refractivity contribution in [3.05, 3.63) is 0 Å². The first-order valence-corrected chi connectivity index (χ1v) is 5.79. The molecule has 0 aromatic heterocycles. The minimum atomic E-state index is 0.305. The topological polar surface area (TPSA) is 41.6 Å². The van der Waals surface area contributed by atoms with Gasteiger partial charge in [-0.3, -0.25) is 4.99 Å². The van der Waals surface area contributed by atoms with Crippen molar-refractivity contribution in [2.24, 2.45) is 16.6 Å². The van der Waals surface area contributed by atoms with E-state index in [4.69, 9.17) is 5.73 Å². The number of nitrogens with two attached hydrogens (primary N) is 1. The summed E-state index contributed by atoms with van der Waals surface area (Å²) in [6, 6.07) is 0. The predicted octanol–water partition coefficient (Wildman–Crippen LogP) is 1.59. The molecular weight excluding hydrogens is 174 g/mol. The van der Waals surface area contributed by atoms with Crippen molar-refractivity contribution in [3.8, 4) is 0 Å². The Kier molecular flexibility index (Phi) is 2.41. The van der Waals surface area contributed by atoms with E-state index < -0.39 is 0 Å². The van der Waals surface area contributed by atoms with E-state index in [1.54, 1.807) is 0 Å². The van der Waals surface area contributed by atoms with Gasteiger partial charge in [0, 0.05) is 6.54 Å². The number of aliphatic imine (C=N–C) groups is 1. The first-order valence-electron chi connectivity index (χ1n) is 5.79. The van der Waals surface area contributed by atoms with Crippen LogP contribution in [0.3, 0.4) is 0 Å². The highest BCUT2D eigenvalue weighted by Crippen LogP contribution is 2.42. The summed E-state index contributed by atoms with van der Waals surface area (Å²) < 4.78 is 0. The maximum Gasteiger partial charge on any atom is 0.191 e. The number of nitrogens with zero attached hydrogens (tertiary/aromatic N) is 2. The number of guanidine groups is 1. The average molecular weight is 195 g/mol. The molecule has 80 valence electrons. The number of hydrogen-bond acceptors (Lipinski definition) is 3. The van der Waals surface area contributed by atoms with E-state index in [-0.39, 0.29) is 0 Å². The lowest BCUT2D eigenvalue weighted by molar-refractivity contribution is 0.207. The molecular formula is C11H21N3. The lowest BCUT2D eigenvalue weighted by atomic mass is 9.94. The molecule has 14 heavy (non-hydrogen) atoms. The summed E-state index contributed by atoms with van der Waals surface area (Å²) in [7, 11) is 0. The molecule has 3 nitrogen and oxygen atoms in total. The first-order chi connectivity index (χ1) is 6.72. The summed E-state index contributed by atoms with van der Waals surface area (Å²) in [5.41, 5.74) is 6.21. The molecule has 1 saturated carbocycles. The van der Waals surface area contributed by atoms with Crippen molar-refractivity contribution >= 4 is 5.96 Å². The zero-order valence-electron chi connectivity index (χ0n) is 9.29. The predicted molar refractivity (Wildman–Crippen MR) is 59.2 cm³/mol. The van der Waals surface area contributed by atoms with E-state index >= 15 is 0 Å². The highest BCUT2D eigenvalue weighted by Gasteiger charge is 2.46. The van der Waals surface area contributed by atoms with Gasteiger partial charge in [-0.1, -0.05) is 13.3 Å². The zero-order valence-corrected chi connectivity index (χ0v) is 9.29. The van der Waals surface area contributed by atoms with Gasteiger partial charge >= 0.3 is 0 Å². The molecule has 0 saturated heterocycles. The lowest BCUT2D eigenvalue weighted by Gasteiger charge is -2.35. The van der Waals surface area contributed by atoms with Crippen LogP contribution in [0.5, 0.6) is 0 Å². The van der Waals surface area contributed by atoms with Crippen molar-refractivity contribution in [1.29, 1.82) is 0 Å². The van der Waals surface area contributed by atoms with Gasteiger partial charge < -0.3 is 10.6 Å². The summed E-state index contributed by atoms with van der Waals surface area (Å²) in [6.45, 7) is 6.41. The van der Waals surface area contributed by atoms with Gasteiger partial charge in [0.25, 0.3) is 0 Å². The van der Waals surface area contributed by atoms with E-state index in [9.17, 15) is 0 Å². The van der Waals surface area contributed by atoms with Gasteiger partial charge in [-0.15, -0.1) is 0 Å². The third-order valence-electron chi connectivity index (χ3n) is 3.96. The minimum absolute atomic E-state index is 0.305. The largest absolute Gasteiger partial charge is 0.370 e. The Morgan fingerprint density at radius 3 is 2.93 bits per heavy atom. The fourth-order valence-corrected chi connectivity index (χ4v) is 3.09. The SMILES string of the molecule is CCC1CCC2(CN=C(N)N2CC)C1. The molecule has 2 rings (SSSR count). The van der Waals surface area contributed by atoms with Crippen LogP contribution in [-0.4, -0.2) is 29.5 Å². The Balaban J connectivity index is 2.11. The first kappa shape index (κ1) is 9.81. The molecule has 1 aliphatic carbocycles. The Morgan fingerprint density at radius 2 is 2.36 bits per heavy atom. The molecule has 0 amide bonds. The van der Waals surface area contributed by atoms with Crippen molar-refractivity contribution in [2.75, 3.05) is 13.1 Å². The Bertz CT molecular complexity index is 249. The number of rotatable bonds is 2. The molecule has 1 heterocycles. The average Bonchev–Trinajstić information content (AvgIpc) is 2.73. The van der Waals surface area contributed by atoms with E-state index in [0.29, 0.717) is 5.54 Å². The van der Waals surface area contributed by atoms with Crippen LogP contribution in [0.4, 0.5) is 0 Å². The van der Waals surface area contributed by atoms with Crippen LogP contribution in [0.15, 0.2) is 4.99 Å². The minimum Gasteiger partial charge on any atom is -0.370 e. The summed E-state index contributed by atoms with van der Waals surface area (Å²) >= 11 is 0. The standard InChI is InChI=1S/C11H21N3/c1-3-9-5-6-11(7-9)8-13-10(12)14(11)4-2/h9H,3-8H2,1-2H3,(H2,12,13). The normalized spacial score (nSPS) is 36.9. The van der Waals surface area contributed by atoms with Crippen LogP contribution in [0, 0.1) is 5.92 Å². The Labute approximate surface area is 86.4 Å². The second-order valence-corrected chi connectivity index (χ2v) is 4.66. The third-order valence-corrected chi connectivity index (χ3v) is 3.96. The molecule has 0 aromatic carbocycles. The van der Waals surface area contributed by atoms with Crippen LogP contribution in [0.2, 0.25) is 0 Å². The van der Waals surface area contributed by atoms with Crippen molar-refractivity contribution in [1.82, 2.24) is 4.90 Å². The quantitative estimate of drug-likeness (QED) is 0.727. The lowest BCUT2D eigenvalue weighted by Crippen LogP contribution is -2.49. The Morgan fingerprint density at radius 1 is 1.57 bits per heavy atom. The van der Waals surface area contributed by atoms with Gasteiger partial charge in [0.2, 0.25) is 0 Å². The van der Waals surface area contributed by atoms with Gasteiger partial charge in [0.05, 0.1) is 12.1 Å². The fourth-order valence-electron chi connectivity index (χ4n) is 3.09. The van der Waals surface area contributed by atoms with Crippen LogP contribution in [0.1, 0.15) is 39.5 Å². The molecule has 0 aromatic rings. The van der Waals surface area contributed by atoms with E-state index in [1.165, 1.54) is 25.7 Å². The van der Waals surface area contributed by atoms with Crippen molar-refractivity contribution in [2.45, 2.75) is 45.1 Å². The summed E-state index contributed by atoms with van der Waals surface area (Å²) in [5, 5.41) is 0. The van der Waals surface area contributed by atoms with Gasteiger partial charge in [0.15, 0.2) is 5.96 Å². The van der Waals surface area contributed by atoms with Gasteiger partial charge in [-0.25, -0.2) is 0 Å². The molecule has 2 unspecified atom stereocenters. The van der Waals surface area contributed by atoms with Crippen molar-refractivity contribution < 1.29 is 0 Å². The van der Waals surface area contributed by atoms with E-state index in [1.807, 2.05) is 0 Å². The zero-order chi connectivity index (χ0) is 10.2. The van der Waals surface area contributed by atoms with E-state index in [0.717, 1.165) is 25.0 Å². The highest BCUT2D eigenvalue weighted by atomic mass is 15.4. The third kappa shape index (κ3) is 1.30. The molecule has 1 spiro atoms. The Hall–Kier alpha value is -0.730. The number of hydrogen-bond donors (Lipinski definition) is 1. The van der Waals surface area contributed by atoms with Crippen molar-refractivity contribution in [3.63, 3.8) is 0 Å². The van der Waals surface area contributed by atoms with E-state index in [2.05, 4.69) is 23.7 Å². The van der Waals surface area contributed by atoms with Gasteiger partial charge in [-0.05, 0) is 32.1 Å². The highest BCUT2D eigenvalue weighted by molar-refractivity contribution is 5.81. The molecule has 2 N–H and O–H groups in total. The maximum atomic E-state index is 5.91. The van der Waals surface area contributed by atoms with Crippen LogP contribution in [0.25, 0.3) is 0 Å². The fraction of sp³-hybridized carbons (Fsp3) is 0.909.